The van der Waals surface area contributed by atoms with Gasteiger partial charge in [-0.05, 0) is 19.1 Å². The molecule has 0 spiro atoms. The van der Waals surface area contributed by atoms with Crippen molar-refractivity contribution < 1.29 is 18.8 Å². The molecule has 23 heavy (non-hydrogen) atoms. The number of rotatable bonds is 5. The maximum atomic E-state index is 12.2. The fourth-order valence-electron chi connectivity index (χ4n) is 2.78. The fourth-order valence-corrected chi connectivity index (χ4v) is 2.78. The Bertz CT molecular complexity index is 718. The Balaban J connectivity index is 1.63. The minimum Gasteiger partial charge on any atom is -0.379 e. The highest BCUT2D eigenvalue weighted by Crippen LogP contribution is 2.20. The van der Waals surface area contributed by atoms with Crippen molar-refractivity contribution in [1.82, 2.24) is 15.0 Å². The van der Waals surface area contributed by atoms with Crippen molar-refractivity contribution in [3.05, 3.63) is 41.5 Å². The summed E-state index contributed by atoms with van der Waals surface area (Å²) in [6, 6.07) is 5.01. The highest BCUT2D eigenvalue weighted by molar-refractivity contribution is 6.42. The Labute approximate surface area is 133 Å². The third-order valence-corrected chi connectivity index (χ3v) is 4.04. The van der Waals surface area contributed by atoms with E-state index in [1.807, 2.05) is 13.0 Å². The highest BCUT2D eigenvalue weighted by atomic mass is 16.5. The molecular formula is C16H19N3O4. The largest absolute Gasteiger partial charge is 0.379 e. The van der Waals surface area contributed by atoms with E-state index < -0.39 is 11.7 Å². The molecule has 7 nitrogen and oxygen atoms in total. The zero-order chi connectivity index (χ0) is 16.4. The maximum absolute atomic E-state index is 12.2. The van der Waals surface area contributed by atoms with Gasteiger partial charge in [-0.15, -0.1) is 0 Å². The fraction of sp³-hybridized carbons (Fsp3) is 0.438. The topological polar surface area (TPSA) is 86.4 Å². The number of nitrogens with one attached hydrogen (secondary N) is 1. The first-order valence-electron chi connectivity index (χ1n) is 7.51. The lowest BCUT2D eigenvalue weighted by Crippen LogP contribution is -2.44. The van der Waals surface area contributed by atoms with Gasteiger partial charge >= 0.3 is 0 Å². The highest BCUT2D eigenvalue weighted by Gasteiger charge is 2.32. The van der Waals surface area contributed by atoms with Crippen LogP contribution in [-0.2, 0) is 23.0 Å². The van der Waals surface area contributed by atoms with Gasteiger partial charge in [0.25, 0.3) is 11.7 Å². The normalized spacial score (nSPS) is 20.6. The van der Waals surface area contributed by atoms with Crippen LogP contribution in [0.3, 0.4) is 0 Å². The molecule has 0 radical (unpaired) electrons. The number of ether oxygens (including phenoxy) is 1. The van der Waals surface area contributed by atoms with E-state index in [1.54, 1.807) is 29.9 Å². The number of carbonyl (C=O) groups is 2. The van der Waals surface area contributed by atoms with E-state index in [9.17, 15) is 9.59 Å². The minimum absolute atomic E-state index is 0.0625. The number of hydrogen-bond acceptors (Lipinski definition) is 5. The summed E-state index contributed by atoms with van der Waals surface area (Å²) in [5.41, 5.74) is 1.18. The van der Waals surface area contributed by atoms with Crippen molar-refractivity contribution in [1.29, 1.82) is 0 Å². The Hall–Kier alpha value is -2.41. The number of aromatic nitrogens is 2. The minimum atomic E-state index is -0.610. The van der Waals surface area contributed by atoms with Crippen LogP contribution in [0.25, 0.3) is 0 Å². The van der Waals surface area contributed by atoms with Gasteiger partial charge in [-0.2, -0.15) is 0 Å². The molecule has 0 saturated carbocycles. The third-order valence-electron chi connectivity index (χ3n) is 4.04. The number of Topliss-reactive ketones (excluding diaryl/α,β-unsaturated/α-hetero) is 1. The van der Waals surface area contributed by atoms with Crippen LogP contribution in [0.2, 0.25) is 0 Å². The van der Waals surface area contributed by atoms with Gasteiger partial charge in [0.15, 0.2) is 0 Å². The van der Waals surface area contributed by atoms with Gasteiger partial charge in [0.2, 0.25) is 0 Å². The predicted octanol–water partition coefficient (Wildman–Crippen LogP) is 0.878. The van der Waals surface area contributed by atoms with Gasteiger partial charge in [0, 0.05) is 31.6 Å². The lowest BCUT2D eigenvalue weighted by molar-refractivity contribution is -0.117. The molecule has 2 aromatic rings. The summed E-state index contributed by atoms with van der Waals surface area (Å²) in [4.78, 5) is 24.4. The molecule has 1 amide bonds. The van der Waals surface area contributed by atoms with E-state index in [0.29, 0.717) is 25.3 Å². The molecule has 7 heteroatoms. The van der Waals surface area contributed by atoms with Crippen LogP contribution in [-0.4, -0.2) is 40.7 Å². The van der Waals surface area contributed by atoms with E-state index in [0.717, 1.165) is 11.5 Å². The Morgan fingerprint density at radius 3 is 2.91 bits per heavy atom. The molecule has 1 saturated heterocycles. The average Bonchev–Trinajstić information content (AvgIpc) is 3.22. The smallest absolute Gasteiger partial charge is 0.294 e. The molecule has 1 aliphatic rings. The number of ketones is 1. The SMILES string of the molecule is Cc1cc(CC2COCC2NC(=O)C(=O)c2cccn2C)on1. The van der Waals surface area contributed by atoms with Crippen LogP contribution in [0.4, 0.5) is 0 Å². The number of aryl methyl sites for hydroxylation is 2. The van der Waals surface area contributed by atoms with Crippen molar-refractivity contribution >= 4 is 11.7 Å². The molecule has 2 atom stereocenters. The Morgan fingerprint density at radius 2 is 2.26 bits per heavy atom. The molecule has 2 aromatic heterocycles. The lowest BCUT2D eigenvalue weighted by atomic mass is 9.98. The second-order valence-electron chi connectivity index (χ2n) is 5.85. The lowest BCUT2D eigenvalue weighted by Gasteiger charge is -2.17. The summed E-state index contributed by atoms with van der Waals surface area (Å²) >= 11 is 0. The molecule has 1 fully saturated rings. The zero-order valence-electron chi connectivity index (χ0n) is 13.1. The second-order valence-corrected chi connectivity index (χ2v) is 5.85. The van der Waals surface area contributed by atoms with Crippen molar-refractivity contribution in [2.75, 3.05) is 13.2 Å². The molecule has 1 N–H and O–H groups in total. The standard InChI is InChI=1S/C16H19N3O4/c1-10-6-12(23-18-10)7-11-8-22-9-13(11)17-16(21)15(20)14-4-3-5-19(14)2/h3-6,11,13H,7-9H2,1-2H3,(H,17,21). The molecule has 2 unspecified atom stereocenters. The number of amides is 1. The van der Waals surface area contributed by atoms with Crippen molar-refractivity contribution in [3.8, 4) is 0 Å². The van der Waals surface area contributed by atoms with Crippen LogP contribution in [0.1, 0.15) is 21.9 Å². The van der Waals surface area contributed by atoms with Crippen molar-refractivity contribution in [2.24, 2.45) is 13.0 Å². The second kappa shape index (κ2) is 6.37. The summed E-state index contributed by atoms with van der Waals surface area (Å²) in [5, 5.41) is 6.64. The summed E-state index contributed by atoms with van der Waals surface area (Å²) in [7, 11) is 1.73. The van der Waals surface area contributed by atoms with E-state index in [4.69, 9.17) is 9.26 Å². The Kier molecular flexibility index (Phi) is 4.29. The van der Waals surface area contributed by atoms with Crippen molar-refractivity contribution in [3.63, 3.8) is 0 Å². The molecule has 3 rings (SSSR count). The van der Waals surface area contributed by atoms with E-state index in [-0.39, 0.29) is 12.0 Å². The van der Waals surface area contributed by atoms with Gasteiger partial charge in [0.05, 0.1) is 30.6 Å². The summed E-state index contributed by atoms with van der Waals surface area (Å²) in [5.74, 6) is -0.335. The van der Waals surface area contributed by atoms with Gasteiger partial charge in [0.1, 0.15) is 5.76 Å². The number of carbonyl (C=O) groups excluding carboxylic acids is 2. The van der Waals surface area contributed by atoms with Crippen LogP contribution in [0, 0.1) is 12.8 Å². The Morgan fingerprint density at radius 1 is 1.43 bits per heavy atom. The number of hydrogen-bond donors (Lipinski definition) is 1. The third kappa shape index (κ3) is 3.34. The van der Waals surface area contributed by atoms with Gasteiger partial charge in [-0.1, -0.05) is 5.16 Å². The van der Waals surface area contributed by atoms with Gasteiger partial charge in [-0.3, -0.25) is 9.59 Å². The van der Waals surface area contributed by atoms with E-state index in [2.05, 4.69) is 10.5 Å². The first-order chi connectivity index (χ1) is 11.0. The first kappa shape index (κ1) is 15.5. The molecule has 0 aliphatic carbocycles. The van der Waals surface area contributed by atoms with E-state index >= 15 is 0 Å². The van der Waals surface area contributed by atoms with Crippen LogP contribution in [0.5, 0.6) is 0 Å². The molecule has 0 aromatic carbocycles. The summed E-state index contributed by atoms with van der Waals surface area (Å²) < 4.78 is 12.3. The monoisotopic (exact) mass is 317 g/mol. The first-order valence-corrected chi connectivity index (χ1v) is 7.51. The van der Waals surface area contributed by atoms with Crippen molar-refractivity contribution in [2.45, 2.75) is 19.4 Å². The molecule has 3 heterocycles. The molecule has 122 valence electrons. The number of nitrogens with zero attached hydrogens (tertiary/aromatic N) is 2. The van der Waals surface area contributed by atoms with Gasteiger partial charge in [-0.25, -0.2) is 0 Å². The van der Waals surface area contributed by atoms with Crippen LogP contribution < -0.4 is 5.32 Å². The van der Waals surface area contributed by atoms with Crippen LogP contribution in [0.15, 0.2) is 28.9 Å². The van der Waals surface area contributed by atoms with Crippen LogP contribution >= 0.6 is 0 Å². The summed E-state index contributed by atoms with van der Waals surface area (Å²) in [6.07, 6.45) is 2.35. The summed E-state index contributed by atoms with van der Waals surface area (Å²) in [6.45, 7) is 2.77. The van der Waals surface area contributed by atoms with Gasteiger partial charge < -0.3 is 19.1 Å². The zero-order valence-corrected chi connectivity index (χ0v) is 13.1. The molecule has 0 bridgehead atoms. The average molecular weight is 317 g/mol. The molecule has 1 aliphatic heterocycles. The maximum Gasteiger partial charge on any atom is 0.294 e. The quantitative estimate of drug-likeness (QED) is 0.653. The molecular weight excluding hydrogens is 298 g/mol. The van der Waals surface area contributed by atoms with E-state index in [1.165, 1.54) is 0 Å². The predicted molar refractivity (Wildman–Crippen MR) is 80.9 cm³/mol.